The molecule has 4 aliphatic carbocycles. The molecule has 13 nitrogen and oxygen atoms in total. The van der Waals surface area contributed by atoms with Crippen LogP contribution in [0.2, 0.25) is 0 Å². The summed E-state index contributed by atoms with van der Waals surface area (Å²) in [5.41, 5.74) is 6.91. The Morgan fingerprint density at radius 2 is 0.871 bits per heavy atom. The maximum absolute atomic E-state index is 12.0. The fourth-order valence-electron chi connectivity index (χ4n) is 10.7. The summed E-state index contributed by atoms with van der Waals surface area (Å²) in [5.74, 6) is 3.49. The first kappa shape index (κ1) is 73.7. The molecule has 0 spiro atoms. The van der Waals surface area contributed by atoms with Crippen LogP contribution in [0.3, 0.4) is 0 Å². The molecule has 0 unspecified atom stereocenters. The summed E-state index contributed by atoms with van der Waals surface area (Å²) in [6.45, 7) is 11.9. The summed E-state index contributed by atoms with van der Waals surface area (Å²) in [6, 6.07) is 5.90. The number of Topliss-reactive ketones (excluding diaryl/α,β-unsaturated/α-hetero) is 1. The summed E-state index contributed by atoms with van der Waals surface area (Å²) < 4.78 is 29.6. The van der Waals surface area contributed by atoms with Gasteiger partial charge >= 0.3 is 29.6 Å². The van der Waals surface area contributed by atoms with Gasteiger partial charge in [-0.2, -0.15) is 8.42 Å². The summed E-state index contributed by atoms with van der Waals surface area (Å²) in [6.07, 6.45) is 24.7. The summed E-state index contributed by atoms with van der Waals surface area (Å²) >= 11 is 0. The van der Waals surface area contributed by atoms with Crippen LogP contribution >= 0.6 is 0 Å². The zero-order valence-corrected chi connectivity index (χ0v) is 49.8. The van der Waals surface area contributed by atoms with Crippen molar-refractivity contribution in [3.05, 3.63) is 29.8 Å². The van der Waals surface area contributed by atoms with Crippen molar-refractivity contribution in [1.82, 2.24) is 19.6 Å². The molecule has 0 aliphatic heterocycles. The molecule has 5 rings (SSSR count). The minimum atomic E-state index is -4.02. The van der Waals surface area contributed by atoms with Gasteiger partial charge in [0.15, 0.2) is 0 Å². The second-order valence-corrected chi connectivity index (χ2v) is 23.7. The van der Waals surface area contributed by atoms with Crippen molar-refractivity contribution < 1.29 is 69.5 Å². The zero-order valence-electron chi connectivity index (χ0n) is 48.0. The Bertz CT molecular complexity index is 1430. The van der Waals surface area contributed by atoms with Crippen molar-refractivity contribution >= 4 is 24.3 Å². The van der Waals surface area contributed by atoms with Crippen molar-refractivity contribution in [2.75, 3.05) is 82.6 Å². The second kappa shape index (κ2) is 40.8. The topological polar surface area (TPSA) is 203 Å². The summed E-state index contributed by atoms with van der Waals surface area (Å²) in [4.78, 5) is 20.4. The van der Waals surface area contributed by atoms with Gasteiger partial charge in [0, 0.05) is 52.5 Å². The Kier molecular flexibility index (Phi) is 43.0. The maximum atomic E-state index is 12.0. The Balaban J connectivity index is -0.000000391. The monoisotopic (exact) mass is 1020 g/mol. The van der Waals surface area contributed by atoms with E-state index in [1.807, 2.05) is 40.0 Å². The van der Waals surface area contributed by atoms with Gasteiger partial charge in [-0.25, -0.2) is 0 Å². The average molecular weight is 1020 g/mol. The summed E-state index contributed by atoms with van der Waals surface area (Å²) in [5, 5.41) is 30.4. The zero-order chi connectivity index (χ0) is 50.7. The van der Waals surface area contributed by atoms with Crippen molar-refractivity contribution in [3.8, 4) is 0 Å². The number of carbonyl (C=O) groups excluding carboxylic acids is 1. The smallest absolute Gasteiger partial charge is 1.00 e. The summed E-state index contributed by atoms with van der Waals surface area (Å²) in [7, 11) is 12.3. The molecule has 16 heteroatoms. The molecule has 0 amide bonds. The Hall–Kier alpha value is -0.495. The van der Waals surface area contributed by atoms with Gasteiger partial charge in [-0.15, -0.1) is 0 Å². The van der Waals surface area contributed by atoms with Gasteiger partial charge in [0.1, 0.15) is 5.78 Å². The number of nitrogens with zero attached hydrogens (tertiary/aromatic N) is 4. The Labute approximate surface area is 455 Å². The largest absolute Gasteiger partial charge is 1.00 e. The number of carbonyl (C=O) groups is 1. The van der Waals surface area contributed by atoms with E-state index in [2.05, 4.69) is 63.7 Å². The third-order valence-electron chi connectivity index (χ3n) is 14.3. The standard InChI is InChI=1S/2C12H25NO.C12H23NO.C11H24N2O.C7H8O3S.B.Na.H2O.H/c3*1-10(9-13(2)3)12(14)11-7-5-4-6-8-11;1-13(2)8-10(12)11(14)9-6-4-3-5-7-9;1-6-2-4-7(5-3-6)11(8,9)10;;;;/h2*10-12,14H,4-9H2,1-3H3;10-11H,4-9H2,1-3H3;9-11,14H,3-8,12H2,1-2H3;2-5H,1H3,(H,8,9,10);;;1H2;/q;;;;;;+1;;-1/t10-,12+;10-,12-;10-;10-,11+;;;;;/m1111...../s1. The molecule has 4 aliphatic rings. The first-order valence-electron chi connectivity index (χ1n) is 26.4. The van der Waals surface area contributed by atoms with Crippen molar-refractivity contribution in [2.45, 2.75) is 185 Å². The number of aryl methyl sites for hydroxylation is 1. The van der Waals surface area contributed by atoms with Crippen molar-refractivity contribution in [3.63, 3.8) is 0 Å². The quantitative estimate of drug-likeness (QED) is 0.108. The SMILES string of the molecule is CN(C)C[C@@H](N)[C@@H](O)C1CCCCC1.C[C@H](CN(C)C)C(=O)C1CCCCC1.C[C@H](CN(C)C)[C@@H](O)C1CCCCC1.C[C@H](CN(C)C)[C@H](O)C1CCCCC1.Cc1ccc(S(=O)(=O)O)cc1.O.[B].[H-].[Na+]. The van der Waals surface area contributed by atoms with E-state index in [4.69, 9.17) is 10.3 Å². The van der Waals surface area contributed by atoms with E-state index >= 15 is 0 Å². The van der Waals surface area contributed by atoms with Crippen LogP contribution in [-0.2, 0) is 14.9 Å². The molecule has 3 radical (unpaired) electrons. The number of aliphatic hydroxyl groups is 3. The number of ketones is 1. The van der Waals surface area contributed by atoms with Crippen molar-refractivity contribution in [1.29, 1.82) is 0 Å². The molecule has 407 valence electrons. The molecular weight excluding hydrogens is 912 g/mol. The molecule has 0 aromatic heterocycles. The first-order valence-corrected chi connectivity index (χ1v) is 27.8. The van der Waals surface area contributed by atoms with E-state index in [1.165, 1.54) is 115 Å². The van der Waals surface area contributed by atoms with Crippen LogP contribution in [0.25, 0.3) is 0 Å². The van der Waals surface area contributed by atoms with Crippen LogP contribution in [-0.4, -0.2) is 174 Å². The molecule has 70 heavy (non-hydrogen) atoms. The molecule has 0 bridgehead atoms. The molecule has 0 saturated heterocycles. The molecule has 1 aromatic rings. The minimum absolute atomic E-state index is 0. The van der Waals surface area contributed by atoms with Crippen LogP contribution in [0.5, 0.6) is 0 Å². The van der Waals surface area contributed by atoms with Crippen LogP contribution in [0.4, 0.5) is 0 Å². The molecular formula is C54H108BN5NaO8S. The van der Waals surface area contributed by atoms with Gasteiger partial charge in [0.05, 0.1) is 23.2 Å². The van der Waals surface area contributed by atoms with Crippen LogP contribution in [0.15, 0.2) is 29.2 Å². The minimum Gasteiger partial charge on any atom is -1.00 e. The third kappa shape index (κ3) is 32.7. The first-order chi connectivity index (χ1) is 31.4. The van der Waals surface area contributed by atoms with E-state index in [0.29, 0.717) is 41.3 Å². The van der Waals surface area contributed by atoms with Crippen molar-refractivity contribution in [2.24, 2.45) is 47.2 Å². The van der Waals surface area contributed by atoms with Crippen LogP contribution < -0.4 is 35.3 Å². The Morgan fingerprint density at radius 3 is 1.17 bits per heavy atom. The molecule has 4 saturated carbocycles. The average Bonchev–Trinajstić information content (AvgIpc) is 3.29. The predicted octanol–water partition coefficient (Wildman–Crippen LogP) is 4.55. The van der Waals surface area contributed by atoms with Gasteiger partial charge in [0.25, 0.3) is 10.1 Å². The van der Waals surface area contributed by atoms with E-state index in [1.54, 1.807) is 12.1 Å². The molecule has 4 fully saturated rings. The van der Waals surface area contributed by atoms with E-state index in [9.17, 15) is 28.5 Å². The van der Waals surface area contributed by atoms with Crippen LogP contribution in [0, 0.1) is 48.3 Å². The van der Waals surface area contributed by atoms with E-state index in [-0.39, 0.29) is 80.0 Å². The third-order valence-corrected chi connectivity index (χ3v) is 15.2. The second-order valence-electron chi connectivity index (χ2n) is 22.3. The Morgan fingerprint density at radius 1 is 0.571 bits per heavy atom. The molecule has 8 N–H and O–H groups in total. The fourth-order valence-corrected chi connectivity index (χ4v) is 11.2. The number of aliphatic hydroxyl groups excluding tert-OH is 3. The van der Waals surface area contributed by atoms with Gasteiger partial charge in [-0.05, 0) is 156 Å². The van der Waals surface area contributed by atoms with Gasteiger partial charge in [-0.1, -0.05) is 116 Å². The number of nitrogens with two attached hydrogens (primary N) is 1. The predicted molar refractivity (Wildman–Crippen MR) is 290 cm³/mol. The normalized spacial score (nSPS) is 20.3. The van der Waals surface area contributed by atoms with Gasteiger partial charge in [-0.3, -0.25) is 9.35 Å². The molecule has 0 heterocycles. The fraction of sp³-hybridized carbons (Fsp3) is 0.870. The maximum Gasteiger partial charge on any atom is 1.00 e. The van der Waals surface area contributed by atoms with Crippen LogP contribution in [0.1, 0.15) is 156 Å². The molecule has 7 atom stereocenters. The van der Waals surface area contributed by atoms with Gasteiger partial charge < -0.3 is 47.6 Å². The van der Waals surface area contributed by atoms with Gasteiger partial charge in [0.2, 0.25) is 0 Å². The molecule has 1 aromatic carbocycles. The number of hydrogen-bond acceptors (Lipinski definition) is 11. The number of benzene rings is 1. The number of rotatable bonds is 17. The number of likely N-dealkylation sites (N-methyl/N-ethyl adjacent to an activating group) is 1. The number of hydrogen-bond donors (Lipinski definition) is 5. The van der Waals surface area contributed by atoms with E-state index < -0.39 is 10.1 Å². The van der Waals surface area contributed by atoms with E-state index in [0.717, 1.165) is 57.4 Å².